The van der Waals surface area contributed by atoms with Gasteiger partial charge in [-0.1, -0.05) is 35.3 Å². The molecule has 1 saturated heterocycles. The first-order valence-electron chi connectivity index (χ1n) is 9.88. The maximum Gasteiger partial charge on any atom is 0.227 e. The molecule has 1 aliphatic heterocycles. The Morgan fingerprint density at radius 2 is 1.61 bits per heavy atom. The SMILES string of the molecule is O=C(Cc1ccc(Cl)cc1)N(Cc1ccc(-c2ccc(Cl)cc2)o1)[C@H]1CCS(=O)(=O)C1. The summed E-state index contributed by atoms with van der Waals surface area (Å²) in [5.74, 6) is 1.18. The minimum Gasteiger partial charge on any atom is -0.459 e. The smallest absolute Gasteiger partial charge is 0.227 e. The largest absolute Gasteiger partial charge is 0.459 e. The van der Waals surface area contributed by atoms with E-state index in [1.165, 1.54) is 0 Å². The Morgan fingerprint density at radius 1 is 0.968 bits per heavy atom. The minimum atomic E-state index is -3.14. The molecule has 0 N–H and O–H groups in total. The van der Waals surface area contributed by atoms with Crippen molar-refractivity contribution in [3.8, 4) is 11.3 Å². The zero-order valence-corrected chi connectivity index (χ0v) is 19.0. The fraction of sp³-hybridized carbons (Fsp3) is 0.261. The second kappa shape index (κ2) is 9.07. The van der Waals surface area contributed by atoms with E-state index in [1.807, 2.05) is 24.3 Å². The van der Waals surface area contributed by atoms with Gasteiger partial charge in [0.15, 0.2) is 9.84 Å². The van der Waals surface area contributed by atoms with Crippen molar-refractivity contribution in [2.75, 3.05) is 11.5 Å². The average Bonchev–Trinajstić information content (AvgIpc) is 3.34. The van der Waals surface area contributed by atoms with Gasteiger partial charge >= 0.3 is 0 Å². The topological polar surface area (TPSA) is 67.6 Å². The van der Waals surface area contributed by atoms with Crippen LogP contribution in [0.1, 0.15) is 17.7 Å². The van der Waals surface area contributed by atoms with Gasteiger partial charge in [-0.2, -0.15) is 0 Å². The number of hydrogen-bond acceptors (Lipinski definition) is 4. The summed E-state index contributed by atoms with van der Waals surface area (Å²) >= 11 is 11.9. The molecule has 2 heterocycles. The van der Waals surface area contributed by atoms with Gasteiger partial charge in [0.05, 0.1) is 24.5 Å². The molecule has 2 aromatic carbocycles. The lowest BCUT2D eigenvalue weighted by atomic mass is 10.1. The van der Waals surface area contributed by atoms with Crippen LogP contribution in [0.25, 0.3) is 11.3 Å². The molecule has 162 valence electrons. The quantitative estimate of drug-likeness (QED) is 0.500. The standard InChI is InChI=1S/C23H21Cl2NO4S/c24-18-5-1-16(2-6-18)13-23(27)26(20-11-12-31(28,29)15-20)14-21-9-10-22(30-21)17-3-7-19(25)8-4-17/h1-10,20H,11-15H2/t20-/m0/s1. The maximum atomic E-state index is 13.2. The van der Waals surface area contributed by atoms with Gasteiger partial charge in [-0.15, -0.1) is 0 Å². The van der Waals surface area contributed by atoms with Crippen LogP contribution in [0.15, 0.2) is 65.1 Å². The summed E-state index contributed by atoms with van der Waals surface area (Å²) in [6, 6.07) is 17.6. The van der Waals surface area contributed by atoms with Gasteiger partial charge in [0.25, 0.3) is 0 Å². The average molecular weight is 478 g/mol. The van der Waals surface area contributed by atoms with Crippen LogP contribution in [0.5, 0.6) is 0 Å². The van der Waals surface area contributed by atoms with E-state index in [-0.39, 0.29) is 36.4 Å². The number of carbonyl (C=O) groups excluding carboxylic acids is 1. The maximum absolute atomic E-state index is 13.2. The Kier molecular flexibility index (Phi) is 6.42. The second-order valence-electron chi connectivity index (χ2n) is 7.65. The molecule has 8 heteroatoms. The normalized spacial score (nSPS) is 17.5. The molecule has 4 rings (SSSR count). The molecule has 0 bridgehead atoms. The molecule has 1 fully saturated rings. The molecule has 31 heavy (non-hydrogen) atoms. The van der Waals surface area contributed by atoms with E-state index in [0.29, 0.717) is 28.0 Å². The molecule has 0 radical (unpaired) electrons. The van der Waals surface area contributed by atoms with E-state index in [1.54, 1.807) is 41.3 Å². The number of sulfone groups is 1. The molecule has 0 spiro atoms. The summed E-state index contributed by atoms with van der Waals surface area (Å²) < 4.78 is 30.1. The first-order chi connectivity index (χ1) is 14.8. The van der Waals surface area contributed by atoms with Crippen LogP contribution in [0.4, 0.5) is 0 Å². The van der Waals surface area contributed by atoms with Crippen LogP contribution >= 0.6 is 23.2 Å². The number of amides is 1. The summed E-state index contributed by atoms with van der Waals surface area (Å²) in [4.78, 5) is 14.8. The fourth-order valence-corrected chi connectivity index (χ4v) is 5.70. The van der Waals surface area contributed by atoms with Crippen molar-refractivity contribution in [1.29, 1.82) is 0 Å². The summed E-state index contributed by atoms with van der Waals surface area (Å²) in [7, 11) is -3.14. The highest BCUT2D eigenvalue weighted by molar-refractivity contribution is 7.91. The monoisotopic (exact) mass is 477 g/mol. The van der Waals surface area contributed by atoms with Crippen LogP contribution in [0.2, 0.25) is 10.0 Å². The van der Waals surface area contributed by atoms with Crippen molar-refractivity contribution in [3.05, 3.63) is 82.0 Å². The Bertz CT molecular complexity index is 1170. The highest BCUT2D eigenvalue weighted by Crippen LogP contribution is 2.27. The molecular formula is C23H21Cl2NO4S. The van der Waals surface area contributed by atoms with E-state index < -0.39 is 9.84 Å². The van der Waals surface area contributed by atoms with Crippen molar-refractivity contribution in [3.63, 3.8) is 0 Å². The molecule has 0 saturated carbocycles. The Balaban J connectivity index is 1.55. The lowest BCUT2D eigenvalue weighted by Crippen LogP contribution is -2.41. The third-order valence-corrected chi connectivity index (χ3v) is 7.61. The lowest BCUT2D eigenvalue weighted by Gasteiger charge is -2.27. The number of rotatable bonds is 6. The second-order valence-corrected chi connectivity index (χ2v) is 10.8. The summed E-state index contributed by atoms with van der Waals surface area (Å²) in [5.41, 5.74) is 1.69. The van der Waals surface area contributed by atoms with E-state index >= 15 is 0 Å². The number of nitrogens with zero attached hydrogens (tertiary/aromatic N) is 1. The van der Waals surface area contributed by atoms with E-state index in [4.69, 9.17) is 27.6 Å². The third-order valence-electron chi connectivity index (χ3n) is 5.35. The van der Waals surface area contributed by atoms with Crippen LogP contribution in [0, 0.1) is 0 Å². The van der Waals surface area contributed by atoms with Crippen molar-refractivity contribution in [2.45, 2.75) is 25.4 Å². The Labute approximate surface area is 191 Å². The summed E-state index contributed by atoms with van der Waals surface area (Å²) in [6.45, 7) is 0.209. The minimum absolute atomic E-state index is 0.0237. The van der Waals surface area contributed by atoms with Gasteiger partial charge in [-0.3, -0.25) is 4.79 Å². The van der Waals surface area contributed by atoms with Crippen LogP contribution < -0.4 is 0 Å². The fourth-order valence-electron chi connectivity index (χ4n) is 3.72. The zero-order chi connectivity index (χ0) is 22.0. The van der Waals surface area contributed by atoms with Gasteiger partial charge in [-0.25, -0.2) is 8.42 Å². The predicted molar refractivity (Wildman–Crippen MR) is 122 cm³/mol. The number of halogens is 2. The van der Waals surface area contributed by atoms with Crippen LogP contribution in [-0.2, 0) is 27.6 Å². The van der Waals surface area contributed by atoms with Crippen molar-refractivity contribution in [1.82, 2.24) is 4.90 Å². The van der Waals surface area contributed by atoms with Gasteiger partial charge in [0.2, 0.25) is 5.91 Å². The molecule has 0 aliphatic carbocycles. The lowest BCUT2D eigenvalue weighted by molar-refractivity contribution is -0.133. The number of carbonyl (C=O) groups is 1. The van der Waals surface area contributed by atoms with E-state index in [2.05, 4.69) is 0 Å². The predicted octanol–water partition coefficient (Wildman–Crippen LogP) is 5.01. The number of benzene rings is 2. The van der Waals surface area contributed by atoms with Crippen molar-refractivity contribution in [2.24, 2.45) is 0 Å². The molecule has 1 amide bonds. The van der Waals surface area contributed by atoms with E-state index in [9.17, 15) is 13.2 Å². The van der Waals surface area contributed by atoms with Crippen LogP contribution in [0.3, 0.4) is 0 Å². The first-order valence-corrected chi connectivity index (χ1v) is 12.5. The highest BCUT2D eigenvalue weighted by atomic mass is 35.5. The van der Waals surface area contributed by atoms with Gasteiger partial charge in [-0.05, 0) is 60.5 Å². The Morgan fingerprint density at radius 3 is 2.23 bits per heavy atom. The summed E-state index contributed by atoms with van der Waals surface area (Å²) in [6.07, 6.45) is 0.595. The zero-order valence-electron chi connectivity index (χ0n) is 16.6. The van der Waals surface area contributed by atoms with Gasteiger partial charge in [0.1, 0.15) is 11.5 Å². The van der Waals surface area contributed by atoms with E-state index in [0.717, 1.165) is 11.1 Å². The molecule has 1 aliphatic rings. The molecular weight excluding hydrogens is 457 g/mol. The van der Waals surface area contributed by atoms with Crippen LogP contribution in [-0.4, -0.2) is 36.8 Å². The summed E-state index contributed by atoms with van der Waals surface area (Å²) in [5, 5.41) is 1.23. The molecule has 1 aromatic heterocycles. The molecule has 5 nitrogen and oxygen atoms in total. The number of hydrogen-bond donors (Lipinski definition) is 0. The third kappa shape index (κ3) is 5.50. The highest BCUT2D eigenvalue weighted by Gasteiger charge is 2.35. The van der Waals surface area contributed by atoms with Gasteiger partial charge < -0.3 is 9.32 Å². The number of furan rings is 1. The van der Waals surface area contributed by atoms with Crippen molar-refractivity contribution >= 4 is 38.9 Å². The van der Waals surface area contributed by atoms with Gasteiger partial charge in [0, 0.05) is 21.7 Å². The molecule has 0 unspecified atom stereocenters. The Hall–Kier alpha value is -2.28. The molecule has 1 atom stereocenters. The van der Waals surface area contributed by atoms with Crippen molar-refractivity contribution < 1.29 is 17.6 Å². The molecule has 3 aromatic rings. The first kappa shape index (κ1) is 21.9.